The summed E-state index contributed by atoms with van der Waals surface area (Å²) in [4.78, 5) is 55.1. The van der Waals surface area contributed by atoms with Gasteiger partial charge < -0.3 is 33.2 Å². The molecule has 4 rings (SSSR count). The van der Waals surface area contributed by atoms with Gasteiger partial charge in [-0.05, 0) is 164 Å². The molecule has 0 N–H and O–H groups in total. The lowest BCUT2D eigenvalue weighted by molar-refractivity contribution is -0.138. The fourth-order valence-corrected chi connectivity index (χ4v) is 6.21. The van der Waals surface area contributed by atoms with Gasteiger partial charge in [0.1, 0.15) is 23.0 Å². The van der Waals surface area contributed by atoms with Crippen molar-refractivity contribution >= 4 is 59.0 Å². The summed E-state index contributed by atoms with van der Waals surface area (Å²) >= 11 is 1.16. The molecule has 0 aromatic heterocycles. The van der Waals surface area contributed by atoms with E-state index in [2.05, 4.69) is 36.3 Å². The summed E-state index contributed by atoms with van der Waals surface area (Å²) in [5.41, 5.74) is 4.60. The Balaban J connectivity index is 0.000000459. The van der Waals surface area contributed by atoms with Crippen molar-refractivity contribution in [2.75, 3.05) is 53.3 Å². The van der Waals surface area contributed by atoms with E-state index < -0.39 is 17.9 Å². The van der Waals surface area contributed by atoms with E-state index in [1.54, 1.807) is 31.7 Å². The van der Waals surface area contributed by atoms with Gasteiger partial charge >= 0.3 is 17.9 Å². The van der Waals surface area contributed by atoms with Crippen LogP contribution in [0.2, 0.25) is 0 Å². The van der Waals surface area contributed by atoms with Crippen LogP contribution >= 0.6 is 11.8 Å². The second-order valence-corrected chi connectivity index (χ2v) is 15.7. The molecule has 13 nitrogen and oxygen atoms in total. The van der Waals surface area contributed by atoms with E-state index in [9.17, 15) is 19.2 Å². The van der Waals surface area contributed by atoms with E-state index >= 15 is 0 Å². The molecule has 0 aliphatic heterocycles. The van der Waals surface area contributed by atoms with Crippen molar-refractivity contribution in [2.45, 2.75) is 50.3 Å². The van der Waals surface area contributed by atoms with Crippen molar-refractivity contribution in [3.8, 4) is 17.2 Å². The van der Waals surface area contributed by atoms with E-state index in [0.717, 1.165) is 112 Å². The number of aryl methyl sites for hydroxylation is 1. The molecule has 364 valence electrons. The van der Waals surface area contributed by atoms with Crippen LogP contribution in [0.5, 0.6) is 17.2 Å². The van der Waals surface area contributed by atoms with Crippen molar-refractivity contribution in [1.82, 2.24) is 0 Å². The highest BCUT2D eigenvalue weighted by Gasteiger charge is 2.06. The lowest BCUT2D eigenvalue weighted by Gasteiger charge is -2.07. The molecule has 14 heteroatoms. The number of methoxy groups -OCH3 is 1. The molecular formula is C55H62N2O11S. The average Bonchev–Trinajstić information content (AvgIpc) is 3.37. The molecule has 0 bridgehead atoms. The van der Waals surface area contributed by atoms with Gasteiger partial charge in [-0.1, -0.05) is 44.5 Å². The van der Waals surface area contributed by atoms with Crippen molar-refractivity contribution in [2.24, 2.45) is 9.98 Å². The summed E-state index contributed by atoms with van der Waals surface area (Å²) in [5.74, 6) is 1.70. The van der Waals surface area contributed by atoms with Crippen molar-refractivity contribution in [3.63, 3.8) is 0 Å². The summed E-state index contributed by atoms with van der Waals surface area (Å²) < 4.78 is 36.8. The quantitative estimate of drug-likeness (QED) is 0.00928. The molecule has 69 heavy (non-hydrogen) atoms. The van der Waals surface area contributed by atoms with Crippen molar-refractivity contribution in [3.05, 3.63) is 170 Å². The number of carbonyl (C=O) groups is 4. The molecule has 0 heterocycles. The number of rotatable bonds is 30. The van der Waals surface area contributed by atoms with Gasteiger partial charge in [0, 0.05) is 35.6 Å². The summed E-state index contributed by atoms with van der Waals surface area (Å²) in [6, 6.07) is 28.5. The third-order valence-electron chi connectivity index (χ3n) is 9.24. The molecule has 0 unspecified atom stereocenters. The Morgan fingerprint density at radius 3 is 1.41 bits per heavy atom. The molecule has 0 spiro atoms. The lowest BCUT2D eigenvalue weighted by Crippen LogP contribution is -2.04. The largest absolute Gasteiger partial charge is 0.500 e. The Morgan fingerprint density at radius 1 is 0.565 bits per heavy atom. The zero-order valence-corrected chi connectivity index (χ0v) is 40.3. The molecule has 0 atom stereocenters. The first-order valence-corrected chi connectivity index (χ1v) is 23.2. The van der Waals surface area contributed by atoms with E-state index in [1.807, 2.05) is 97.9 Å². The Bertz CT molecular complexity index is 2340. The number of hydrogen-bond acceptors (Lipinski definition) is 14. The topological polar surface area (TPSA) is 158 Å². The van der Waals surface area contributed by atoms with Gasteiger partial charge in [0.2, 0.25) is 5.12 Å². The number of nitrogens with zero attached hydrogens (tertiary/aromatic N) is 2. The fourth-order valence-electron chi connectivity index (χ4n) is 5.47. The number of unbranched alkanes of at least 4 members (excludes halogenated alkanes) is 3. The van der Waals surface area contributed by atoms with Crippen molar-refractivity contribution < 1.29 is 52.3 Å². The molecule has 0 amide bonds. The highest BCUT2D eigenvalue weighted by molar-refractivity contribution is 8.14. The van der Waals surface area contributed by atoms with Crippen LogP contribution < -0.4 is 14.2 Å². The van der Waals surface area contributed by atoms with Crippen LogP contribution in [0.1, 0.15) is 60.8 Å². The van der Waals surface area contributed by atoms with Crippen LogP contribution in [0, 0.1) is 6.92 Å². The first-order chi connectivity index (χ1) is 33.5. The average molecular weight is 959 g/mol. The molecule has 0 saturated carbocycles. The molecule has 4 aromatic carbocycles. The summed E-state index contributed by atoms with van der Waals surface area (Å²) in [7, 11) is 1.58. The number of esters is 3. The molecule has 0 aliphatic rings. The van der Waals surface area contributed by atoms with Crippen LogP contribution in [-0.4, -0.2) is 88.7 Å². The van der Waals surface area contributed by atoms with Gasteiger partial charge in [-0.2, -0.15) is 0 Å². The van der Waals surface area contributed by atoms with Gasteiger partial charge in [-0.25, -0.2) is 14.4 Å². The number of thioether (sulfide) groups is 1. The first kappa shape index (κ1) is 55.9. The molecule has 0 radical (unpaired) electrons. The molecule has 0 fully saturated rings. The second kappa shape index (κ2) is 33.9. The van der Waals surface area contributed by atoms with Gasteiger partial charge in [-0.3, -0.25) is 14.8 Å². The minimum absolute atomic E-state index is 0.0772. The van der Waals surface area contributed by atoms with Crippen LogP contribution in [0.15, 0.2) is 162 Å². The Morgan fingerprint density at radius 2 is 0.986 bits per heavy atom. The third-order valence-corrected chi connectivity index (χ3v) is 10.1. The molecule has 0 aliphatic carbocycles. The highest BCUT2D eigenvalue weighted by Crippen LogP contribution is 2.27. The van der Waals surface area contributed by atoms with Gasteiger partial charge in [0.15, 0.2) is 0 Å². The Kier molecular flexibility index (Phi) is 27.5. The first-order valence-electron chi connectivity index (χ1n) is 22.3. The summed E-state index contributed by atoms with van der Waals surface area (Å²) in [6.45, 7) is 18.9. The van der Waals surface area contributed by atoms with E-state index in [1.165, 1.54) is 0 Å². The minimum Gasteiger partial charge on any atom is -0.500 e. The van der Waals surface area contributed by atoms with Crippen LogP contribution in [-0.2, 0) is 38.1 Å². The SMILES string of the molecule is C=CC(=O)OCCCCOc1ccc(C=NCC(=C)OC)cc1.C=CC(=O)OCCCCOc1ccc(C=Nc2ccc(SC(=O)/C=C/c3ccc(OCCCCOC(=O)C=C)cc3)cc2C)cc1. The van der Waals surface area contributed by atoms with E-state index in [-0.39, 0.29) is 5.12 Å². The smallest absolute Gasteiger partial charge is 0.330 e. The van der Waals surface area contributed by atoms with E-state index in [4.69, 9.17) is 33.2 Å². The van der Waals surface area contributed by atoms with Crippen LogP contribution in [0.25, 0.3) is 6.08 Å². The summed E-state index contributed by atoms with van der Waals surface area (Å²) in [6.07, 6.45) is 14.9. The monoisotopic (exact) mass is 958 g/mol. The minimum atomic E-state index is -0.418. The number of aliphatic imine (C=N–C) groups is 2. The summed E-state index contributed by atoms with van der Waals surface area (Å²) in [5, 5.41) is -0.0772. The maximum absolute atomic E-state index is 12.6. The second-order valence-electron chi connectivity index (χ2n) is 14.7. The third kappa shape index (κ3) is 25.3. The Labute approximate surface area is 410 Å². The highest BCUT2D eigenvalue weighted by atomic mass is 32.2. The standard InChI is InChI=1S/C37H39NO7S.C18H23NO4/c1-4-35(39)44-24-8-6-22-42-31-15-10-29(11-16-31)14-21-37(41)46-33-19-20-34(28(3)26-33)38-27-30-12-17-32(18-13-30)43-23-7-9-25-45-36(40)5-2;1-4-18(20)23-12-6-5-11-22-17-9-7-16(8-10-17)14-19-13-15(2)21-3/h4-5,10-21,26-27H,1-2,6-9,22-25H2,3H3;4,7-10,14H,1-2,5-6,11-13H2,3H3/b21-14+,38-27?;. The lowest BCUT2D eigenvalue weighted by atomic mass is 10.2. The van der Waals surface area contributed by atoms with Crippen molar-refractivity contribution in [1.29, 1.82) is 0 Å². The predicted molar refractivity (Wildman–Crippen MR) is 274 cm³/mol. The van der Waals surface area contributed by atoms with Crippen LogP contribution in [0.4, 0.5) is 5.69 Å². The van der Waals surface area contributed by atoms with Crippen LogP contribution in [0.3, 0.4) is 0 Å². The van der Waals surface area contributed by atoms with Gasteiger partial charge in [-0.15, -0.1) is 0 Å². The predicted octanol–water partition coefficient (Wildman–Crippen LogP) is 11.0. The fraction of sp³-hybridized carbons (Fsp3) is 0.273. The van der Waals surface area contributed by atoms with Gasteiger partial charge in [0.05, 0.1) is 59.0 Å². The maximum atomic E-state index is 12.6. The number of ether oxygens (including phenoxy) is 7. The molecular weight excluding hydrogens is 897 g/mol. The van der Waals surface area contributed by atoms with E-state index in [0.29, 0.717) is 58.4 Å². The zero-order chi connectivity index (χ0) is 49.9. The number of hydrogen-bond donors (Lipinski definition) is 0. The maximum Gasteiger partial charge on any atom is 0.330 e. The normalized spacial score (nSPS) is 10.7. The number of carbonyl (C=O) groups excluding carboxylic acids is 4. The molecule has 4 aromatic rings. The zero-order valence-electron chi connectivity index (χ0n) is 39.5. The number of benzene rings is 4. The molecule has 0 saturated heterocycles. The Hall–Kier alpha value is -7.45. The van der Waals surface area contributed by atoms with Gasteiger partial charge in [0.25, 0.3) is 0 Å².